The molecule has 0 saturated carbocycles. The molecule has 0 amide bonds. The Morgan fingerprint density at radius 3 is 2.19 bits per heavy atom. The molecule has 0 aliphatic rings. The van der Waals surface area contributed by atoms with Crippen LogP contribution in [0, 0.1) is 17.1 Å². The molecular formula is C19H14F7N3O2S. The molecule has 5 nitrogen and oxygen atoms in total. The summed E-state index contributed by atoms with van der Waals surface area (Å²) in [4.78, 5) is 3.39. The van der Waals surface area contributed by atoms with Crippen LogP contribution in [0.15, 0.2) is 34.7 Å². The van der Waals surface area contributed by atoms with E-state index in [1.807, 2.05) is 0 Å². The number of rotatable bonds is 4. The highest BCUT2D eigenvalue weighted by molar-refractivity contribution is 7.85. The van der Waals surface area contributed by atoms with Crippen LogP contribution in [-0.2, 0) is 17.2 Å². The van der Waals surface area contributed by atoms with E-state index in [9.17, 15) is 34.9 Å². The maximum Gasteiger partial charge on any atom is 0.573 e. The Kier molecular flexibility index (Phi) is 6.99. The first-order chi connectivity index (χ1) is 14.5. The van der Waals surface area contributed by atoms with Crippen LogP contribution in [-0.4, -0.2) is 26.0 Å². The number of aromatic nitrogens is 1. The minimum Gasteiger partial charge on any atom is -0.403 e. The molecule has 1 heterocycles. The van der Waals surface area contributed by atoms with E-state index >= 15 is 0 Å². The van der Waals surface area contributed by atoms with Gasteiger partial charge < -0.3 is 4.74 Å². The number of halogens is 7. The summed E-state index contributed by atoms with van der Waals surface area (Å²) >= 11 is 0. The first-order valence-electron chi connectivity index (χ1n) is 8.58. The minimum absolute atomic E-state index is 0.306. The van der Waals surface area contributed by atoms with Crippen LogP contribution in [0.2, 0.25) is 0 Å². The van der Waals surface area contributed by atoms with Crippen molar-refractivity contribution >= 4 is 16.7 Å². The van der Waals surface area contributed by atoms with Gasteiger partial charge in [-0.2, -0.15) is 22.8 Å². The first kappa shape index (κ1) is 25.3. The topological polar surface area (TPSA) is 75.3 Å². The number of alkyl halides is 6. The van der Waals surface area contributed by atoms with Gasteiger partial charge in [0.1, 0.15) is 22.8 Å². The molecule has 2 rings (SSSR count). The van der Waals surface area contributed by atoms with Gasteiger partial charge in [0.05, 0.1) is 16.0 Å². The number of nitriles is 1. The predicted octanol–water partition coefficient (Wildman–Crippen LogP) is 5.31. The lowest BCUT2D eigenvalue weighted by Crippen LogP contribution is -2.22. The van der Waals surface area contributed by atoms with Crippen molar-refractivity contribution in [1.29, 1.82) is 5.26 Å². The molecule has 0 spiro atoms. The lowest BCUT2D eigenvalue weighted by molar-refractivity contribution is -0.275. The van der Waals surface area contributed by atoms with E-state index in [0.29, 0.717) is 12.1 Å². The van der Waals surface area contributed by atoms with Gasteiger partial charge in [-0.1, -0.05) is 0 Å². The molecule has 0 bridgehead atoms. The number of nitrogens with zero attached hydrogens (tertiary/aromatic N) is 3. The van der Waals surface area contributed by atoms with Crippen molar-refractivity contribution < 1.29 is 39.7 Å². The summed E-state index contributed by atoms with van der Waals surface area (Å²) in [6.45, 7) is 4.54. The second-order valence-electron chi connectivity index (χ2n) is 7.20. The third-order valence-corrected chi connectivity index (χ3v) is 5.05. The molecular weight excluding hydrogens is 467 g/mol. The van der Waals surface area contributed by atoms with E-state index in [1.54, 1.807) is 0 Å². The summed E-state index contributed by atoms with van der Waals surface area (Å²) in [7, 11) is -2.06. The van der Waals surface area contributed by atoms with Gasteiger partial charge in [0.15, 0.2) is 17.3 Å². The van der Waals surface area contributed by atoms with E-state index in [4.69, 9.17) is 5.26 Å². The maximum atomic E-state index is 14.2. The zero-order valence-electron chi connectivity index (χ0n) is 16.6. The zero-order chi connectivity index (χ0) is 24.5. The van der Waals surface area contributed by atoms with Crippen molar-refractivity contribution in [2.24, 2.45) is 4.40 Å². The Hall–Kier alpha value is -3.01. The molecule has 0 aliphatic heterocycles. The summed E-state index contributed by atoms with van der Waals surface area (Å²) in [5, 5.41) is 8.92. The highest BCUT2D eigenvalue weighted by Gasteiger charge is 2.37. The lowest BCUT2D eigenvalue weighted by Gasteiger charge is -2.17. The van der Waals surface area contributed by atoms with Gasteiger partial charge in [0.25, 0.3) is 0 Å². The van der Waals surface area contributed by atoms with Crippen LogP contribution in [0.3, 0.4) is 0 Å². The number of benzene rings is 1. The number of hydrogen-bond acceptors (Lipinski definition) is 4. The van der Waals surface area contributed by atoms with Crippen LogP contribution < -0.4 is 4.74 Å². The highest BCUT2D eigenvalue weighted by Crippen LogP contribution is 2.32. The molecule has 0 saturated heterocycles. The van der Waals surface area contributed by atoms with E-state index in [2.05, 4.69) is 14.1 Å². The van der Waals surface area contributed by atoms with Crippen molar-refractivity contribution in [3.05, 3.63) is 58.7 Å². The van der Waals surface area contributed by atoms with Crippen LogP contribution >= 0.6 is 0 Å². The smallest absolute Gasteiger partial charge is 0.403 e. The SMILES string of the molecule is CC(C)(C)S(=O)N=C(c1ccc(OC(F)(F)F)c(F)c1)c1ccc(C#N)c(C(F)(F)F)n1. The molecule has 1 aromatic heterocycles. The Morgan fingerprint density at radius 1 is 1.09 bits per heavy atom. The highest BCUT2D eigenvalue weighted by atomic mass is 32.2. The van der Waals surface area contributed by atoms with E-state index in [1.165, 1.54) is 26.8 Å². The Morgan fingerprint density at radius 2 is 1.72 bits per heavy atom. The molecule has 0 fully saturated rings. The van der Waals surface area contributed by atoms with Crippen LogP contribution in [0.4, 0.5) is 30.7 Å². The van der Waals surface area contributed by atoms with Gasteiger partial charge in [-0.15, -0.1) is 13.2 Å². The van der Waals surface area contributed by atoms with Crippen molar-refractivity contribution in [3.63, 3.8) is 0 Å². The summed E-state index contributed by atoms with van der Waals surface area (Å²) < 4.78 is 110. The third-order valence-electron chi connectivity index (χ3n) is 3.66. The largest absolute Gasteiger partial charge is 0.573 e. The van der Waals surface area contributed by atoms with Crippen molar-refractivity contribution in [2.45, 2.75) is 38.1 Å². The zero-order valence-corrected chi connectivity index (χ0v) is 17.4. The van der Waals surface area contributed by atoms with Gasteiger partial charge >= 0.3 is 12.5 Å². The fourth-order valence-electron chi connectivity index (χ4n) is 2.22. The average molecular weight is 481 g/mol. The molecule has 0 aliphatic carbocycles. The Bertz CT molecular complexity index is 1110. The molecule has 0 N–H and O–H groups in total. The fourth-order valence-corrected chi connectivity index (χ4v) is 2.86. The summed E-state index contributed by atoms with van der Waals surface area (Å²) in [5.74, 6) is -2.67. The molecule has 13 heteroatoms. The van der Waals surface area contributed by atoms with Gasteiger partial charge in [-0.3, -0.25) is 0 Å². The number of hydrogen-bond donors (Lipinski definition) is 0. The van der Waals surface area contributed by atoms with Gasteiger partial charge in [-0.05, 0) is 51.1 Å². The predicted molar refractivity (Wildman–Crippen MR) is 101 cm³/mol. The van der Waals surface area contributed by atoms with Crippen molar-refractivity contribution in [2.75, 3.05) is 0 Å². The van der Waals surface area contributed by atoms with Gasteiger partial charge in [-0.25, -0.2) is 13.6 Å². The number of ether oxygens (including phenoxy) is 1. The third kappa shape index (κ3) is 6.25. The fraction of sp³-hybridized carbons (Fsp3) is 0.316. The molecule has 1 aromatic carbocycles. The Balaban J connectivity index is 2.72. The monoisotopic (exact) mass is 481 g/mol. The average Bonchev–Trinajstić information content (AvgIpc) is 2.64. The van der Waals surface area contributed by atoms with Crippen LogP contribution in [0.1, 0.15) is 43.3 Å². The van der Waals surface area contributed by atoms with Crippen LogP contribution in [0.25, 0.3) is 0 Å². The van der Waals surface area contributed by atoms with Crippen molar-refractivity contribution in [1.82, 2.24) is 4.98 Å². The second kappa shape index (κ2) is 8.85. The maximum absolute atomic E-state index is 14.2. The number of pyridine rings is 1. The molecule has 0 radical (unpaired) electrons. The normalized spacial score (nSPS) is 14.1. The summed E-state index contributed by atoms with van der Waals surface area (Å²) in [6.07, 6.45) is -10.2. The van der Waals surface area contributed by atoms with Crippen LogP contribution in [0.5, 0.6) is 5.75 Å². The quantitative estimate of drug-likeness (QED) is 0.438. The summed E-state index contributed by atoms with van der Waals surface area (Å²) in [5.41, 5.74) is -3.65. The van der Waals surface area contributed by atoms with Crippen molar-refractivity contribution in [3.8, 4) is 11.8 Å². The second-order valence-corrected chi connectivity index (χ2v) is 9.10. The van der Waals surface area contributed by atoms with Gasteiger partial charge in [0, 0.05) is 5.56 Å². The lowest BCUT2D eigenvalue weighted by atomic mass is 10.0. The van der Waals surface area contributed by atoms with Gasteiger partial charge in [0.2, 0.25) is 0 Å². The molecule has 2 aromatic rings. The minimum atomic E-state index is -5.18. The van der Waals surface area contributed by atoms with E-state index in [0.717, 1.165) is 18.2 Å². The molecule has 172 valence electrons. The van der Waals surface area contributed by atoms with E-state index < -0.39 is 62.5 Å². The molecule has 1 unspecified atom stereocenters. The molecule has 32 heavy (non-hydrogen) atoms. The molecule has 1 atom stereocenters. The Labute approximate surface area is 180 Å². The standard InChI is InChI=1S/C19H14F7N3O2S/c1-17(2,3)32(30)29-15(10-5-7-14(12(20)8-10)31-19(24,25)26)13-6-4-11(9-27)16(28-13)18(21,22)23/h4-8H,1-3H3. The summed E-state index contributed by atoms with van der Waals surface area (Å²) in [6, 6.07) is 5.16. The first-order valence-corrected chi connectivity index (χ1v) is 9.68. The van der Waals surface area contributed by atoms with E-state index in [-0.39, 0.29) is 5.56 Å².